The molecular formula is C14H19N5OS. The Bertz CT molecular complexity index is 586. The lowest BCUT2D eigenvalue weighted by molar-refractivity contribution is -0.125. The average molecular weight is 305 g/mol. The fraction of sp³-hybridized carbons (Fsp3) is 0.429. The molecule has 2 aromatic heterocycles. The van der Waals surface area contributed by atoms with Gasteiger partial charge in [0.15, 0.2) is 5.01 Å². The number of carbonyl (C=O) groups excluding carboxylic acids is 1. The molecule has 0 radical (unpaired) electrons. The van der Waals surface area contributed by atoms with E-state index >= 15 is 0 Å². The van der Waals surface area contributed by atoms with Crippen LogP contribution < -0.4 is 11.1 Å². The standard InChI is InChI=1S/C14H19N5OS/c1-3-14(4-2,9-15)12(20)17-13-19-18-11(21-13)10-7-5-6-8-16-10/h5-8H,3-4,9,15H2,1-2H3,(H,17,19,20). The molecule has 0 saturated carbocycles. The Kier molecular flexibility index (Phi) is 4.98. The van der Waals surface area contributed by atoms with Crippen LogP contribution >= 0.6 is 11.3 Å². The van der Waals surface area contributed by atoms with Crippen molar-refractivity contribution in [2.75, 3.05) is 11.9 Å². The van der Waals surface area contributed by atoms with Gasteiger partial charge in [-0.1, -0.05) is 31.3 Å². The lowest BCUT2D eigenvalue weighted by Crippen LogP contribution is -2.41. The quantitative estimate of drug-likeness (QED) is 0.854. The number of rotatable bonds is 6. The largest absolute Gasteiger partial charge is 0.329 e. The van der Waals surface area contributed by atoms with Crippen LogP contribution in [0.1, 0.15) is 26.7 Å². The first-order valence-electron chi connectivity index (χ1n) is 6.91. The fourth-order valence-electron chi connectivity index (χ4n) is 2.05. The highest BCUT2D eigenvalue weighted by Crippen LogP contribution is 2.29. The van der Waals surface area contributed by atoms with Crippen molar-refractivity contribution < 1.29 is 4.79 Å². The summed E-state index contributed by atoms with van der Waals surface area (Å²) in [7, 11) is 0. The van der Waals surface area contributed by atoms with Gasteiger partial charge in [0.05, 0.1) is 5.41 Å². The van der Waals surface area contributed by atoms with Crippen LogP contribution in [0.2, 0.25) is 0 Å². The van der Waals surface area contributed by atoms with Crippen molar-refractivity contribution in [3.63, 3.8) is 0 Å². The molecule has 3 N–H and O–H groups in total. The third kappa shape index (κ3) is 3.25. The average Bonchev–Trinajstić information content (AvgIpc) is 2.99. The summed E-state index contributed by atoms with van der Waals surface area (Å²) in [5.74, 6) is -0.0984. The van der Waals surface area contributed by atoms with E-state index < -0.39 is 5.41 Å². The van der Waals surface area contributed by atoms with E-state index in [1.54, 1.807) is 6.20 Å². The Balaban J connectivity index is 2.14. The van der Waals surface area contributed by atoms with E-state index in [1.807, 2.05) is 32.0 Å². The van der Waals surface area contributed by atoms with E-state index in [0.717, 1.165) is 5.69 Å². The van der Waals surface area contributed by atoms with Crippen LogP contribution in [0.3, 0.4) is 0 Å². The fourth-order valence-corrected chi connectivity index (χ4v) is 2.76. The Morgan fingerprint density at radius 1 is 1.33 bits per heavy atom. The molecule has 6 nitrogen and oxygen atoms in total. The summed E-state index contributed by atoms with van der Waals surface area (Å²) < 4.78 is 0. The van der Waals surface area contributed by atoms with Gasteiger partial charge in [-0.3, -0.25) is 15.1 Å². The van der Waals surface area contributed by atoms with Gasteiger partial charge < -0.3 is 5.73 Å². The molecule has 0 atom stereocenters. The number of hydrogen-bond acceptors (Lipinski definition) is 6. The predicted octanol–water partition coefficient (Wildman–Crippen LogP) is 2.30. The molecule has 0 bridgehead atoms. The number of carbonyl (C=O) groups is 1. The van der Waals surface area contributed by atoms with Gasteiger partial charge in [0.2, 0.25) is 11.0 Å². The number of nitrogens with two attached hydrogens (primary N) is 1. The minimum Gasteiger partial charge on any atom is -0.329 e. The van der Waals surface area contributed by atoms with Gasteiger partial charge in [-0.15, -0.1) is 10.2 Å². The van der Waals surface area contributed by atoms with E-state index in [4.69, 9.17) is 5.73 Å². The summed E-state index contributed by atoms with van der Waals surface area (Å²) in [6, 6.07) is 5.58. The number of nitrogens with zero attached hydrogens (tertiary/aromatic N) is 3. The van der Waals surface area contributed by atoms with Crippen LogP contribution in [-0.4, -0.2) is 27.6 Å². The number of aromatic nitrogens is 3. The lowest BCUT2D eigenvalue weighted by atomic mass is 9.81. The molecule has 0 aliphatic rings. The van der Waals surface area contributed by atoms with Gasteiger partial charge in [0, 0.05) is 12.7 Å². The first-order chi connectivity index (χ1) is 10.1. The van der Waals surface area contributed by atoms with E-state index in [-0.39, 0.29) is 5.91 Å². The number of pyridine rings is 1. The smallest absolute Gasteiger partial charge is 0.233 e. The third-order valence-corrected chi connectivity index (χ3v) is 4.62. The SMILES string of the molecule is CCC(CC)(CN)C(=O)Nc1nnc(-c2ccccn2)s1. The number of anilines is 1. The molecule has 0 aliphatic heterocycles. The molecular weight excluding hydrogens is 286 g/mol. The Morgan fingerprint density at radius 2 is 2.10 bits per heavy atom. The number of nitrogens with one attached hydrogen (secondary N) is 1. The molecule has 2 heterocycles. The summed E-state index contributed by atoms with van der Waals surface area (Å²) in [5, 5.41) is 12.0. The van der Waals surface area contributed by atoms with E-state index in [2.05, 4.69) is 20.5 Å². The Hall–Kier alpha value is -1.86. The first kappa shape index (κ1) is 15.5. The molecule has 0 spiro atoms. The zero-order chi connectivity index (χ0) is 15.3. The maximum absolute atomic E-state index is 12.4. The van der Waals surface area contributed by atoms with Gasteiger partial charge in [-0.2, -0.15) is 0 Å². The summed E-state index contributed by atoms with van der Waals surface area (Å²) >= 11 is 1.30. The topological polar surface area (TPSA) is 93.8 Å². The minimum absolute atomic E-state index is 0.0984. The third-order valence-electron chi connectivity index (χ3n) is 3.76. The lowest BCUT2D eigenvalue weighted by Gasteiger charge is -2.27. The molecule has 0 aromatic carbocycles. The molecule has 0 aliphatic carbocycles. The molecule has 2 rings (SSSR count). The monoisotopic (exact) mass is 305 g/mol. The summed E-state index contributed by atoms with van der Waals surface area (Å²) in [5.41, 5.74) is 5.97. The maximum Gasteiger partial charge on any atom is 0.233 e. The molecule has 112 valence electrons. The van der Waals surface area contributed by atoms with Crippen LogP contribution in [0.15, 0.2) is 24.4 Å². The molecule has 0 fully saturated rings. The van der Waals surface area contributed by atoms with Crippen molar-refractivity contribution in [2.45, 2.75) is 26.7 Å². The highest BCUT2D eigenvalue weighted by atomic mass is 32.1. The second-order valence-corrected chi connectivity index (χ2v) is 5.75. The second kappa shape index (κ2) is 6.73. The van der Waals surface area contributed by atoms with Gasteiger partial charge >= 0.3 is 0 Å². The van der Waals surface area contributed by atoms with Gasteiger partial charge in [-0.05, 0) is 25.0 Å². The second-order valence-electron chi connectivity index (χ2n) is 4.77. The summed E-state index contributed by atoms with van der Waals surface area (Å²) in [6.45, 7) is 4.25. The zero-order valence-corrected chi connectivity index (χ0v) is 13.0. The van der Waals surface area contributed by atoms with E-state index in [0.29, 0.717) is 29.5 Å². The highest BCUT2D eigenvalue weighted by molar-refractivity contribution is 7.18. The van der Waals surface area contributed by atoms with Crippen molar-refractivity contribution in [3.05, 3.63) is 24.4 Å². The number of hydrogen-bond donors (Lipinski definition) is 2. The van der Waals surface area contributed by atoms with Gasteiger partial charge in [0.25, 0.3) is 0 Å². The molecule has 0 saturated heterocycles. The van der Waals surface area contributed by atoms with Crippen LogP contribution in [0.5, 0.6) is 0 Å². The molecule has 21 heavy (non-hydrogen) atoms. The van der Waals surface area contributed by atoms with Crippen LogP contribution in [0, 0.1) is 5.41 Å². The Labute approximate surface area is 127 Å². The van der Waals surface area contributed by atoms with Crippen LogP contribution in [0.4, 0.5) is 5.13 Å². The minimum atomic E-state index is -0.545. The zero-order valence-electron chi connectivity index (χ0n) is 12.2. The molecule has 1 amide bonds. The van der Waals surface area contributed by atoms with Crippen molar-refractivity contribution in [1.82, 2.24) is 15.2 Å². The van der Waals surface area contributed by atoms with Crippen molar-refractivity contribution >= 4 is 22.4 Å². The summed E-state index contributed by atoms with van der Waals surface area (Å²) in [4.78, 5) is 16.6. The van der Waals surface area contributed by atoms with E-state index in [9.17, 15) is 4.79 Å². The van der Waals surface area contributed by atoms with E-state index in [1.165, 1.54) is 11.3 Å². The molecule has 0 unspecified atom stereocenters. The van der Waals surface area contributed by atoms with Gasteiger partial charge in [0.1, 0.15) is 5.69 Å². The summed E-state index contributed by atoms with van der Waals surface area (Å²) in [6.07, 6.45) is 3.08. The van der Waals surface area contributed by atoms with Crippen molar-refractivity contribution in [3.8, 4) is 10.7 Å². The van der Waals surface area contributed by atoms with Crippen LogP contribution in [-0.2, 0) is 4.79 Å². The van der Waals surface area contributed by atoms with Crippen LogP contribution in [0.25, 0.3) is 10.7 Å². The maximum atomic E-state index is 12.4. The highest BCUT2D eigenvalue weighted by Gasteiger charge is 2.33. The van der Waals surface area contributed by atoms with Crippen molar-refractivity contribution in [2.24, 2.45) is 11.1 Å². The molecule has 7 heteroatoms. The van der Waals surface area contributed by atoms with Gasteiger partial charge in [-0.25, -0.2) is 0 Å². The molecule has 2 aromatic rings. The predicted molar refractivity (Wildman–Crippen MR) is 83.8 cm³/mol. The Morgan fingerprint density at radius 3 is 2.67 bits per heavy atom. The number of amides is 1. The normalized spacial score (nSPS) is 11.4. The van der Waals surface area contributed by atoms with Crippen molar-refractivity contribution in [1.29, 1.82) is 0 Å². The first-order valence-corrected chi connectivity index (χ1v) is 7.73.